The van der Waals surface area contributed by atoms with Crippen LogP contribution in [0.1, 0.15) is 61.8 Å². The highest BCUT2D eigenvalue weighted by atomic mass is 16.6. The second kappa shape index (κ2) is 7.58. The van der Waals surface area contributed by atoms with Crippen molar-refractivity contribution in [3.8, 4) is 0 Å². The summed E-state index contributed by atoms with van der Waals surface area (Å²) in [5.41, 5.74) is 2.88. The summed E-state index contributed by atoms with van der Waals surface area (Å²) in [6, 6.07) is 12.1. The molecule has 0 radical (unpaired) electrons. The van der Waals surface area contributed by atoms with Crippen molar-refractivity contribution in [2.75, 3.05) is 18.0 Å². The topological polar surface area (TPSA) is 76.3 Å². The quantitative estimate of drug-likeness (QED) is 0.430. The molecule has 0 amide bonds. The number of pyridine rings is 1. The molecule has 1 atom stereocenters. The molecule has 0 saturated carbocycles. The number of aromatic nitrogens is 1. The number of hydrogen-bond acceptors (Lipinski definition) is 5. The van der Waals surface area contributed by atoms with Crippen molar-refractivity contribution in [3.63, 3.8) is 0 Å². The number of carbonyl (C=O) groups is 1. The van der Waals surface area contributed by atoms with Crippen LogP contribution in [0.15, 0.2) is 36.4 Å². The summed E-state index contributed by atoms with van der Waals surface area (Å²) in [5.74, 6) is 0.614. The van der Waals surface area contributed by atoms with Crippen LogP contribution in [0.2, 0.25) is 0 Å². The molecular weight excluding hydrogens is 366 g/mol. The molecule has 1 fully saturated rings. The number of rotatable bonds is 4. The molecule has 0 spiro atoms. The van der Waals surface area contributed by atoms with E-state index in [1.54, 1.807) is 6.07 Å². The largest absolute Gasteiger partial charge is 0.351 e. The molecule has 1 aromatic carbocycles. The average molecular weight is 393 g/mol. The van der Waals surface area contributed by atoms with E-state index in [0.717, 1.165) is 49.9 Å². The fourth-order valence-corrected chi connectivity index (χ4v) is 4.88. The van der Waals surface area contributed by atoms with Crippen molar-refractivity contribution in [2.24, 2.45) is 5.41 Å². The summed E-state index contributed by atoms with van der Waals surface area (Å²) in [7, 11) is 0. The number of hydrogen-bond donors (Lipinski definition) is 0. The Morgan fingerprint density at radius 2 is 1.90 bits per heavy atom. The molecule has 6 heteroatoms. The number of aldehydes is 1. The van der Waals surface area contributed by atoms with Crippen LogP contribution in [-0.4, -0.2) is 29.3 Å². The lowest BCUT2D eigenvalue weighted by molar-refractivity contribution is -0.384. The first-order valence-corrected chi connectivity index (χ1v) is 10.3. The summed E-state index contributed by atoms with van der Waals surface area (Å²) < 4.78 is 0. The Bertz CT molecular complexity index is 918. The predicted molar refractivity (Wildman–Crippen MR) is 112 cm³/mol. The van der Waals surface area contributed by atoms with E-state index in [9.17, 15) is 14.9 Å². The second-order valence-electron chi connectivity index (χ2n) is 9.08. The maximum absolute atomic E-state index is 11.8. The van der Waals surface area contributed by atoms with E-state index >= 15 is 0 Å². The van der Waals surface area contributed by atoms with E-state index in [4.69, 9.17) is 4.98 Å². The minimum absolute atomic E-state index is 0.0217. The van der Waals surface area contributed by atoms with Gasteiger partial charge in [-0.15, -0.1) is 0 Å². The molecule has 2 aliphatic rings. The third-order valence-electron chi connectivity index (χ3n) is 6.34. The van der Waals surface area contributed by atoms with Gasteiger partial charge in [0.1, 0.15) is 6.29 Å². The van der Waals surface area contributed by atoms with Crippen LogP contribution < -0.4 is 4.90 Å². The monoisotopic (exact) mass is 393 g/mol. The first kappa shape index (κ1) is 19.6. The van der Waals surface area contributed by atoms with Gasteiger partial charge in [-0.2, -0.15) is 0 Å². The Kier molecular flexibility index (Phi) is 5.11. The normalized spacial score (nSPS) is 21.4. The molecule has 2 aromatic rings. The highest BCUT2D eigenvalue weighted by Gasteiger charge is 2.37. The van der Waals surface area contributed by atoms with Gasteiger partial charge in [-0.25, -0.2) is 4.98 Å². The highest BCUT2D eigenvalue weighted by Crippen LogP contribution is 2.44. The average Bonchev–Trinajstić information content (AvgIpc) is 2.72. The number of nitro groups is 1. The van der Waals surface area contributed by atoms with E-state index in [0.29, 0.717) is 18.2 Å². The van der Waals surface area contributed by atoms with Crippen LogP contribution in [-0.2, 0) is 11.2 Å². The van der Waals surface area contributed by atoms with Crippen molar-refractivity contribution < 1.29 is 9.72 Å². The van der Waals surface area contributed by atoms with Gasteiger partial charge in [0.2, 0.25) is 5.82 Å². The predicted octanol–water partition coefficient (Wildman–Crippen LogP) is 4.63. The summed E-state index contributed by atoms with van der Waals surface area (Å²) in [6.45, 7) is 5.74. The van der Waals surface area contributed by atoms with Crippen LogP contribution in [0, 0.1) is 15.5 Å². The second-order valence-corrected chi connectivity index (χ2v) is 9.08. The fraction of sp³-hybridized carbons (Fsp3) is 0.478. The molecule has 0 N–H and O–H groups in total. The lowest BCUT2D eigenvalue weighted by Gasteiger charge is -2.36. The summed E-state index contributed by atoms with van der Waals surface area (Å²) in [5, 5.41) is 11.8. The molecule has 1 aliphatic carbocycles. The Hall–Kier alpha value is -2.76. The van der Waals surface area contributed by atoms with E-state index in [2.05, 4.69) is 43.0 Å². The Morgan fingerprint density at radius 3 is 2.52 bits per heavy atom. The Labute approximate surface area is 171 Å². The zero-order chi connectivity index (χ0) is 20.6. The van der Waals surface area contributed by atoms with Crippen molar-refractivity contribution in [3.05, 3.63) is 63.3 Å². The molecule has 1 saturated heterocycles. The van der Waals surface area contributed by atoms with Crippen molar-refractivity contribution in [2.45, 2.75) is 51.4 Å². The van der Waals surface area contributed by atoms with E-state index in [-0.39, 0.29) is 21.9 Å². The molecule has 1 aromatic heterocycles. The molecule has 2 heterocycles. The van der Waals surface area contributed by atoms with E-state index in [1.807, 2.05) is 6.07 Å². The van der Waals surface area contributed by atoms with Gasteiger partial charge in [0.05, 0.1) is 4.92 Å². The fourth-order valence-electron chi connectivity index (χ4n) is 4.88. The zero-order valence-corrected chi connectivity index (χ0v) is 17.0. The van der Waals surface area contributed by atoms with Gasteiger partial charge >= 0.3 is 5.69 Å². The lowest BCUT2D eigenvalue weighted by atomic mass is 9.71. The summed E-state index contributed by atoms with van der Waals surface area (Å²) in [4.78, 5) is 29.9. The Morgan fingerprint density at radius 1 is 1.21 bits per heavy atom. The number of carbonyl (C=O) groups excluding carboxylic acids is 1. The van der Waals surface area contributed by atoms with Gasteiger partial charge < -0.3 is 9.69 Å². The van der Waals surface area contributed by atoms with Crippen LogP contribution in [0.5, 0.6) is 0 Å². The van der Waals surface area contributed by atoms with Gasteiger partial charge in [0.15, 0.2) is 0 Å². The maximum Gasteiger partial charge on any atom is 0.311 e. The number of anilines is 1. The van der Waals surface area contributed by atoms with Gasteiger partial charge in [-0.05, 0) is 48.1 Å². The molecule has 1 unspecified atom stereocenters. The van der Waals surface area contributed by atoms with Crippen LogP contribution >= 0.6 is 0 Å². The minimum Gasteiger partial charge on any atom is -0.351 e. The van der Waals surface area contributed by atoms with Crippen LogP contribution in [0.3, 0.4) is 0 Å². The molecule has 4 rings (SSSR count). The molecule has 0 bridgehead atoms. The van der Waals surface area contributed by atoms with Gasteiger partial charge in [-0.3, -0.25) is 10.1 Å². The SMILES string of the molecule is CC1(C)Cc2nc(N3CCC(c4ccccc4)CC3)c([N+](=O)[O-])cc2C(C=O)C1. The smallest absolute Gasteiger partial charge is 0.311 e. The van der Waals surface area contributed by atoms with E-state index in [1.165, 1.54) is 5.56 Å². The molecule has 6 nitrogen and oxygen atoms in total. The number of benzene rings is 1. The van der Waals surface area contributed by atoms with Gasteiger partial charge in [-0.1, -0.05) is 44.2 Å². The number of piperidine rings is 1. The highest BCUT2D eigenvalue weighted by molar-refractivity contribution is 5.68. The summed E-state index contributed by atoms with van der Waals surface area (Å²) in [6.07, 6.45) is 4.24. The number of fused-ring (bicyclic) bond motifs is 1. The third-order valence-corrected chi connectivity index (χ3v) is 6.34. The standard InChI is InChI=1S/C23H27N3O3/c1-23(2)13-18(15-27)19-12-21(26(28)29)22(24-20(19)14-23)25-10-8-17(9-11-25)16-6-4-3-5-7-16/h3-7,12,15,17-18H,8-11,13-14H2,1-2H3. The van der Waals surface area contributed by atoms with Gasteiger partial charge in [0, 0.05) is 30.8 Å². The molecule has 1 aliphatic heterocycles. The van der Waals surface area contributed by atoms with Crippen LogP contribution in [0.4, 0.5) is 11.5 Å². The number of nitrogens with zero attached hydrogens (tertiary/aromatic N) is 3. The van der Waals surface area contributed by atoms with Crippen LogP contribution in [0.25, 0.3) is 0 Å². The third kappa shape index (κ3) is 3.88. The first-order valence-electron chi connectivity index (χ1n) is 10.3. The van der Waals surface area contributed by atoms with Crippen molar-refractivity contribution in [1.82, 2.24) is 4.98 Å². The van der Waals surface area contributed by atoms with E-state index < -0.39 is 0 Å². The summed E-state index contributed by atoms with van der Waals surface area (Å²) >= 11 is 0. The molecular formula is C23H27N3O3. The first-order chi connectivity index (χ1) is 13.9. The van der Waals surface area contributed by atoms with Crippen molar-refractivity contribution >= 4 is 17.8 Å². The molecule has 152 valence electrons. The van der Waals surface area contributed by atoms with Gasteiger partial charge in [0.25, 0.3) is 0 Å². The lowest BCUT2D eigenvalue weighted by Crippen LogP contribution is -2.35. The maximum atomic E-state index is 11.8. The molecule has 29 heavy (non-hydrogen) atoms. The minimum atomic E-state index is -0.354. The van der Waals surface area contributed by atoms with Crippen molar-refractivity contribution in [1.29, 1.82) is 0 Å². The Balaban J connectivity index is 1.64. The zero-order valence-electron chi connectivity index (χ0n) is 17.0.